The summed E-state index contributed by atoms with van der Waals surface area (Å²) in [6.07, 6.45) is 0. The number of fused-ring (bicyclic) bond motifs is 1. The molecule has 5 rings (SSSR count). The van der Waals surface area contributed by atoms with Crippen LogP contribution in [0.25, 0.3) is 10.8 Å². The van der Waals surface area contributed by atoms with Crippen molar-refractivity contribution in [3.63, 3.8) is 0 Å². The van der Waals surface area contributed by atoms with E-state index in [2.05, 4.69) is 5.32 Å². The molecule has 2 amide bonds. The van der Waals surface area contributed by atoms with Gasteiger partial charge in [0.15, 0.2) is 0 Å². The molecule has 0 aliphatic carbocycles. The number of esters is 1. The van der Waals surface area contributed by atoms with Crippen molar-refractivity contribution in [2.45, 2.75) is 0 Å². The minimum atomic E-state index is -0.776. The van der Waals surface area contributed by atoms with E-state index in [1.54, 1.807) is 24.3 Å². The predicted molar refractivity (Wildman–Crippen MR) is 136 cm³/mol. The fraction of sp³-hybridized carbons (Fsp3) is 0. The maximum absolute atomic E-state index is 13.5. The van der Waals surface area contributed by atoms with E-state index >= 15 is 0 Å². The van der Waals surface area contributed by atoms with Crippen molar-refractivity contribution in [3.8, 4) is 5.75 Å². The summed E-state index contributed by atoms with van der Waals surface area (Å²) in [6.45, 7) is 0. The first-order valence-corrected chi connectivity index (χ1v) is 11.4. The summed E-state index contributed by atoms with van der Waals surface area (Å²) < 4.78 is 19.0. The number of carbonyl (C=O) groups excluding carboxylic acids is 3. The molecule has 4 aromatic carbocycles. The minimum Gasteiger partial charge on any atom is -0.423 e. The second-order valence-corrected chi connectivity index (χ2v) is 8.62. The fourth-order valence-electron chi connectivity index (χ4n) is 3.70. The van der Waals surface area contributed by atoms with Gasteiger partial charge in [0.25, 0.3) is 11.8 Å². The third kappa shape index (κ3) is 4.42. The van der Waals surface area contributed by atoms with E-state index in [0.29, 0.717) is 11.4 Å². The van der Waals surface area contributed by atoms with E-state index < -0.39 is 23.6 Å². The lowest BCUT2D eigenvalue weighted by molar-refractivity contribution is -0.120. The van der Waals surface area contributed by atoms with Crippen LogP contribution in [-0.2, 0) is 9.59 Å². The summed E-state index contributed by atoms with van der Waals surface area (Å²) in [4.78, 5) is 38.9. The molecule has 0 bridgehead atoms. The molecule has 0 saturated heterocycles. The maximum atomic E-state index is 13.5. The first kappa shape index (κ1) is 23.5. The number of hydrogen-bond acceptors (Lipinski definition) is 5. The quantitative estimate of drug-likeness (QED) is 0.190. The van der Waals surface area contributed by atoms with Crippen molar-refractivity contribution < 1.29 is 23.5 Å². The Morgan fingerprint density at radius 1 is 0.833 bits per heavy atom. The monoisotopic (exact) mass is 520 g/mol. The van der Waals surface area contributed by atoms with Gasteiger partial charge in [0.1, 0.15) is 22.3 Å². The SMILES string of the molecule is O=C(Oc1ccc2ccccc2c1)c1ccc(NC2=C(Cl)C(=O)N(c3ccc(F)c(Cl)c3)C2=O)cc1. The van der Waals surface area contributed by atoms with Crippen LogP contribution in [0.3, 0.4) is 0 Å². The molecule has 0 spiro atoms. The average molecular weight is 521 g/mol. The molecule has 1 aliphatic heterocycles. The lowest BCUT2D eigenvalue weighted by Gasteiger charge is -2.15. The van der Waals surface area contributed by atoms with Gasteiger partial charge in [0.2, 0.25) is 0 Å². The minimum absolute atomic E-state index is 0.0816. The second-order valence-electron chi connectivity index (χ2n) is 7.83. The molecular weight excluding hydrogens is 506 g/mol. The zero-order valence-corrected chi connectivity index (χ0v) is 19.8. The van der Waals surface area contributed by atoms with Crippen molar-refractivity contribution in [1.82, 2.24) is 0 Å². The third-order valence-electron chi connectivity index (χ3n) is 5.51. The van der Waals surface area contributed by atoms with Crippen LogP contribution in [0.15, 0.2) is 95.7 Å². The maximum Gasteiger partial charge on any atom is 0.343 e. The van der Waals surface area contributed by atoms with Crippen LogP contribution in [0, 0.1) is 5.82 Å². The van der Waals surface area contributed by atoms with Gasteiger partial charge in [-0.05, 0) is 65.4 Å². The van der Waals surface area contributed by atoms with Gasteiger partial charge in [-0.3, -0.25) is 9.59 Å². The van der Waals surface area contributed by atoms with Crippen LogP contribution >= 0.6 is 23.2 Å². The van der Waals surface area contributed by atoms with Crippen molar-refractivity contribution in [2.24, 2.45) is 0 Å². The summed E-state index contributed by atoms with van der Waals surface area (Å²) in [7, 11) is 0. The Balaban J connectivity index is 1.30. The molecule has 9 heteroatoms. The van der Waals surface area contributed by atoms with Gasteiger partial charge >= 0.3 is 5.97 Å². The number of halogens is 3. The van der Waals surface area contributed by atoms with Crippen molar-refractivity contribution >= 4 is 63.1 Å². The molecule has 4 aromatic rings. The number of nitrogens with zero attached hydrogens (tertiary/aromatic N) is 1. The van der Waals surface area contributed by atoms with E-state index in [-0.39, 0.29) is 27.0 Å². The Morgan fingerprint density at radius 2 is 1.56 bits per heavy atom. The number of benzene rings is 4. The van der Waals surface area contributed by atoms with E-state index in [1.165, 1.54) is 18.2 Å². The van der Waals surface area contributed by atoms with Crippen molar-refractivity contribution in [1.29, 1.82) is 0 Å². The molecule has 0 radical (unpaired) electrons. The summed E-state index contributed by atoms with van der Waals surface area (Å²) in [6, 6.07) is 22.7. The van der Waals surface area contributed by atoms with Gasteiger partial charge < -0.3 is 10.1 Å². The second kappa shape index (κ2) is 9.45. The van der Waals surface area contributed by atoms with Crippen molar-refractivity contribution in [2.75, 3.05) is 10.2 Å². The normalized spacial score (nSPS) is 13.5. The topological polar surface area (TPSA) is 75.7 Å². The highest BCUT2D eigenvalue weighted by molar-refractivity contribution is 6.53. The Hall–Kier alpha value is -4.20. The van der Waals surface area contributed by atoms with Gasteiger partial charge in [-0.1, -0.05) is 53.5 Å². The molecule has 0 aromatic heterocycles. The molecule has 0 saturated carbocycles. The highest BCUT2D eigenvalue weighted by atomic mass is 35.5. The molecule has 178 valence electrons. The molecular formula is C27H15Cl2FN2O4. The van der Waals surface area contributed by atoms with Gasteiger partial charge in [0, 0.05) is 5.69 Å². The van der Waals surface area contributed by atoms with E-state index in [1.807, 2.05) is 30.3 Å². The van der Waals surface area contributed by atoms with Crippen LogP contribution in [0.1, 0.15) is 10.4 Å². The first-order chi connectivity index (χ1) is 17.3. The fourth-order valence-corrected chi connectivity index (χ4v) is 4.09. The van der Waals surface area contributed by atoms with Crippen LogP contribution < -0.4 is 15.0 Å². The molecule has 36 heavy (non-hydrogen) atoms. The smallest absolute Gasteiger partial charge is 0.343 e. The van der Waals surface area contributed by atoms with Crippen LogP contribution in [0.4, 0.5) is 15.8 Å². The summed E-state index contributed by atoms with van der Waals surface area (Å²) in [5, 5.41) is 4.21. The Kier molecular flexibility index (Phi) is 6.18. The molecule has 1 heterocycles. The van der Waals surface area contributed by atoms with Crippen LogP contribution in [0.2, 0.25) is 5.02 Å². The molecule has 0 fully saturated rings. The number of carbonyl (C=O) groups is 3. The Labute approximate surface area is 214 Å². The van der Waals surface area contributed by atoms with E-state index in [9.17, 15) is 18.8 Å². The van der Waals surface area contributed by atoms with Gasteiger partial charge in [0.05, 0.1) is 16.3 Å². The van der Waals surface area contributed by atoms with Crippen LogP contribution in [-0.4, -0.2) is 17.8 Å². The van der Waals surface area contributed by atoms with Gasteiger partial charge in [-0.2, -0.15) is 0 Å². The highest BCUT2D eigenvalue weighted by Gasteiger charge is 2.39. The highest BCUT2D eigenvalue weighted by Crippen LogP contribution is 2.32. The molecule has 0 atom stereocenters. The summed E-state index contributed by atoms with van der Waals surface area (Å²) >= 11 is 11.9. The van der Waals surface area contributed by atoms with E-state index in [0.717, 1.165) is 27.8 Å². The largest absolute Gasteiger partial charge is 0.423 e. The van der Waals surface area contributed by atoms with Gasteiger partial charge in [-0.15, -0.1) is 0 Å². The molecule has 0 unspecified atom stereocenters. The number of imide groups is 1. The van der Waals surface area contributed by atoms with Crippen LogP contribution in [0.5, 0.6) is 5.75 Å². The van der Waals surface area contributed by atoms with Gasteiger partial charge in [-0.25, -0.2) is 14.1 Å². The summed E-state index contributed by atoms with van der Waals surface area (Å²) in [5.74, 6) is -2.33. The predicted octanol–water partition coefficient (Wildman–Crippen LogP) is 6.29. The molecule has 1 N–H and O–H groups in total. The molecule has 6 nitrogen and oxygen atoms in total. The standard InChI is InChI=1S/C27H15Cl2FN2O4/c28-21-14-19(10-12-22(21)30)32-25(33)23(29)24(26(32)34)31-18-8-5-16(6-9-18)27(35)36-20-11-7-15-3-1-2-4-17(15)13-20/h1-14,31H. The zero-order chi connectivity index (χ0) is 25.4. The number of amides is 2. The lowest BCUT2D eigenvalue weighted by atomic mass is 10.1. The zero-order valence-electron chi connectivity index (χ0n) is 18.3. The average Bonchev–Trinajstić information content (AvgIpc) is 3.09. The van der Waals surface area contributed by atoms with E-state index in [4.69, 9.17) is 27.9 Å². The Bertz CT molecular complexity index is 1580. The van der Waals surface area contributed by atoms with Crippen molar-refractivity contribution in [3.05, 3.63) is 112 Å². The number of rotatable bonds is 5. The number of ether oxygens (including phenoxy) is 1. The number of anilines is 2. The molecule has 1 aliphatic rings. The number of hydrogen-bond donors (Lipinski definition) is 1. The lowest BCUT2D eigenvalue weighted by Crippen LogP contribution is -2.32. The number of nitrogens with one attached hydrogen (secondary N) is 1. The Morgan fingerprint density at radius 3 is 2.28 bits per heavy atom. The summed E-state index contributed by atoms with van der Waals surface area (Å²) in [5.41, 5.74) is 0.613. The first-order valence-electron chi connectivity index (χ1n) is 10.6. The third-order valence-corrected chi connectivity index (χ3v) is 6.15.